The fraction of sp³-hybridized carbons (Fsp3) is 0.286. The molecule has 100 valence electrons. The van der Waals surface area contributed by atoms with E-state index in [1.54, 1.807) is 18.5 Å². The molecule has 0 radical (unpaired) electrons. The van der Waals surface area contributed by atoms with E-state index in [9.17, 15) is 0 Å². The standard InChI is InChI=1S/C14H15ClN2O2/c1-4-18-9(3)11-7-17-14(19-5-2)12-8-16-13(15)6-10(11)12/h6-8H,3-5H2,1-2H3. The number of halogens is 1. The molecule has 0 fully saturated rings. The summed E-state index contributed by atoms with van der Waals surface area (Å²) in [5.41, 5.74) is 0.796. The minimum absolute atomic E-state index is 0.409. The third kappa shape index (κ3) is 2.79. The molecular formula is C14H15ClN2O2. The van der Waals surface area contributed by atoms with Crippen LogP contribution >= 0.6 is 11.6 Å². The minimum atomic E-state index is 0.409. The van der Waals surface area contributed by atoms with Crippen LogP contribution in [0.25, 0.3) is 16.5 Å². The molecule has 0 amide bonds. The van der Waals surface area contributed by atoms with Crippen molar-refractivity contribution < 1.29 is 9.47 Å². The molecule has 0 bridgehead atoms. The molecule has 0 saturated heterocycles. The molecule has 0 atom stereocenters. The van der Waals surface area contributed by atoms with Crippen LogP contribution in [0.1, 0.15) is 19.4 Å². The van der Waals surface area contributed by atoms with Gasteiger partial charge in [-0.05, 0) is 19.9 Å². The van der Waals surface area contributed by atoms with Crippen LogP contribution in [-0.4, -0.2) is 23.2 Å². The summed E-state index contributed by atoms with van der Waals surface area (Å²) in [6.45, 7) is 8.80. The van der Waals surface area contributed by atoms with Gasteiger partial charge in [-0.2, -0.15) is 0 Å². The van der Waals surface area contributed by atoms with Crippen molar-refractivity contribution in [1.82, 2.24) is 9.97 Å². The molecule has 2 aromatic heterocycles. The molecule has 0 aliphatic heterocycles. The van der Waals surface area contributed by atoms with Crippen LogP contribution in [0, 0.1) is 0 Å². The SMILES string of the molecule is C=C(OCC)c1cnc(OCC)c2cnc(Cl)cc12. The zero-order valence-corrected chi connectivity index (χ0v) is 11.7. The van der Waals surface area contributed by atoms with Gasteiger partial charge in [-0.25, -0.2) is 9.97 Å². The van der Waals surface area contributed by atoms with E-state index in [-0.39, 0.29) is 0 Å². The first-order valence-electron chi connectivity index (χ1n) is 6.06. The Balaban J connectivity index is 2.63. The van der Waals surface area contributed by atoms with Gasteiger partial charge >= 0.3 is 0 Å². The number of hydrogen-bond donors (Lipinski definition) is 0. The molecule has 5 heteroatoms. The van der Waals surface area contributed by atoms with Gasteiger partial charge in [0.15, 0.2) is 0 Å². The summed E-state index contributed by atoms with van der Waals surface area (Å²) >= 11 is 5.96. The summed E-state index contributed by atoms with van der Waals surface area (Å²) in [7, 11) is 0. The second-order valence-electron chi connectivity index (χ2n) is 3.82. The lowest BCUT2D eigenvalue weighted by Gasteiger charge is -2.12. The molecule has 0 aromatic carbocycles. The highest BCUT2D eigenvalue weighted by molar-refractivity contribution is 6.30. The van der Waals surface area contributed by atoms with E-state index in [1.165, 1.54) is 0 Å². The van der Waals surface area contributed by atoms with Crippen LogP contribution in [0.3, 0.4) is 0 Å². The number of rotatable bonds is 5. The molecule has 19 heavy (non-hydrogen) atoms. The Morgan fingerprint density at radius 3 is 2.68 bits per heavy atom. The van der Waals surface area contributed by atoms with Gasteiger partial charge in [-0.3, -0.25) is 0 Å². The van der Waals surface area contributed by atoms with E-state index in [0.29, 0.717) is 30.0 Å². The minimum Gasteiger partial charge on any atom is -0.494 e. The van der Waals surface area contributed by atoms with Gasteiger partial charge in [-0.15, -0.1) is 0 Å². The Bertz CT molecular complexity index is 614. The highest BCUT2D eigenvalue weighted by Crippen LogP contribution is 2.30. The average Bonchev–Trinajstić information content (AvgIpc) is 2.39. The van der Waals surface area contributed by atoms with Crippen LogP contribution < -0.4 is 4.74 Å². The second kappa shape index (κ2) is 5.89. The molecule has 0 saturated carbocycles. The van der Waals surface area contributed by atoms with Gasteiger partial charge in [0.1, 0.15) is 10.9 Å². The summed E-state index contributed by atoms with van der Waals surface area (Å²) in [6, 6.07) is 1.76. The summed E-state index contributed by atoms with van der Waals surface area (Å²) in [6.07, 6.45) is 3.33. The fourth-order valence-electron chi connectivity index (χ4n) is 1.81. The first kappa shape index (κ1) is 13.6. The number of aromatic nitrogens is 2. The summed E-state index contributed by atoms with van der Waals surface area (Å²) in [5.74, 6) is 1.10. The van der Waals surface area contributed by atoms with Crippen molar-refractivity contribution in [3.8, 4) is 5.88 Å². The first-order chi connectivity index (χ1) is 9.17. The van der Waals surface area contributed by atoms with Gasteiger partial charge in [0, 0.05) is 23.3 Å². The zero-order chi connectivity index (χ0) is 13.8. The summed E-state index contributed by atoms with van der Waals surface area (Å²) < 4.78 is 10.9. The van der Waals surface area contributed by atoms with Crippen molar-refractivity contribution in [1.29, 1.82) is 0 Å². The Kier molecular flexibility index (Phi) is 4.22. The Morgan fingerprint density at radius 1 is 1.21 bits per heavy atom. The molecule has 2 heterocycles. The van der Waals surface area contributed by atoms with E-state index in [1.807, 2.05) is 13.8 Å². The van der Waals surface area contributed by atoms with Crippen LogP contribution in [0.2, 0.25) is 5.15 Å². The first-order valence-corrected chi connectivity index (χ1v) is 6.44. The third-order valence-electron chi connectivity index (χ3n) is 2.60. The maximum atomic E-state index is 5.96. The van der Waals surface area contributed by atoms with Crippen molar-refractivity contribution in [2.24, 2.45) is 0 Å². The van der Waals surface area contributed by atoms with Crippen LogP contribution in [0.5, 0.6) is 5.88 Å². The molecule has 0 aliphatic rings. The predicted octanol–water partition coefficient (Wildman–Crippen LogP) is 3.69. The Labute approximate surface area is 117 Å². The highest BCUT2D eigenvalue weighted by Gasteiger charge is 2.12. The summed E-state index contributed by atoms with van der Waals surface area (Å²) in [4.78, 5) is 8.36. The lowest BCUT2D eigenvalue weighted by Crippen LogP contribution is -1.99. The van der Waals surface area contributed by atoms with Crippen molar-refractivity contribution in [2.75, 3.05) is 13.2 Å². The van der Waals surface area contributed by atoms with E-state index in [0.717, 1.165) is 16.3 Å². The Hall–Kier alpha value is -1.81. The van der Waals surface area contributed by atoms with Gasteiger partial charge in [0.2, 0.25) is 5.88 Å². The monoisotopic (exact) mass is 278 g/mol. The van der Waals surface area contributed by atoms with E-state index in [2.05, 4.69) is 16.5 Å². The van der Waals surface area contributed by atoms with Gasteiger partial charge in [0.05, 0.1) is 18.6 Å². The highest BCUT2D eigenvalue weighted by atomic mass is 35.5. The number of fused-ring (bicyclic) bond motifs is 1. The van der Waals surface area contributed by atoms with E-state index in [4.69, 9.17) is 21.1 Å². The predicted molar refractivity (Wildman–Crippen MR) is 76.4 cm³/mol. The quantitative estimate of drug-likeness (QED) is 0.618. The topological polar surface area (TPSA) is 44.2 Å². The number of ether oxygens (including phenoxy) is 2. The summed E-state index contributed by atoms with van der Waals surface area (Å²) in [5, 5.41) is 2.08. The number of hydrogen-bond acceptors (Lipinski definition) is 4. The molecular weight excluding hydrogens is 264 g/mol. The van der Waals surface area contributed by atoms with E-state index >= 15 is 0 Å². The molecule has 2 rings (SSSR count). The third-order valence-corrected chi connectivity index (χ3v) is 2.81. The maximum Gasteiger partial charge on any atom is 0.222 e. The average molecular weight is 279 g/mol. The molecule has 0 N–H and O–H groups in total. The molecule has 0 spiro atoms. The molecule has 4 nitrogen and oxygen atoms in total. The van der Waals surface area contributed by atoms with Crippen molar-refractivity contribution >= 4 is 28.1 Å². The zero-order valence-electron chi connectivity index (χ0n) is 10.9. The molecule has 2 aromatic rings. The molecule has 0 aliphatic carbocycles. The van der Waals surface area contributed by atoms with Crippen molar-refractivity contribution in [2.45, 2.75) is 13.8 Å². The van der Waals surface area contributed by atoms with Gasteiger partial charge in [-0.1, -0.05) is 18.2 Å². The largest absolute Gasteiger partial charge is 0.494 e. The van der Waals surface area contributed by atoms with Crippen LogP contribution in [0.4, 0.5) is 0 Å². The van der Waals surface area contributed by atoms with E-state index < -0.39 is 0 Å². The normalized spacial score (nSPS) is 10.5. The fourth-order valence-corrected chi connectivity index (χ4v) is 1.97. The van der Waals surface area contributed by atoms with Crippen molar-refractivity contribution in [3.05, 3.63) is 35.8 Å². The lowest BCUT2D eigenvalue weighted by molar-refractivity contribution is 0.299. The van der Waals surface area contributed by atoms with Crippen LogP contribution in [-0.2, 0) is 4.74 Å². The van der Waals surface area contributed by atoms with Crippen LogP contribution in [0.15, 0.2) is 25.0 Å². The smallest absolute Gasteiger partial charge is 0.222 e. The second-order valence-corrected chi connectivity index (χ2v) is 4.21. The number of pyridine rings is 2. The number of nitrogens with zero attached hydrogens (tertiary/aromatic N) is 2. The molecule has 0 unspecified atom stereocenters. The maximum absolute atomic E-state index is 5.96. The van der Waals surface area contributed by atoms with Gasteiger partial charge in [0.25, 0.3) is 0 Å². The Morgan fingerprint density at radius 2 is 2.00 bits per heavy atom. The van der Waals surface area contributed by atoms with Crippen molar-refractivity contribution in [3.63, 3.8) is 0 Å². The lowest BCUT2D eigenvalue weighted by atomic mass is 10.1. The van der Waals surface area contributed by atoms with Gasteiger partial charge < -0.3 is 9.47 Å².